The smallest absolute Gasteiger partial charge is 0.111 e. The van der Waals surface area contributed by atoms with Gasteiger partial charge in [-0.25, -0.2) is 0 Å². The van der Waals surface area contributed by atoms with Gasteiger partial charge in [0.05, 0.1) is 18.9 Å². The van der Waals surface area contributed by atoms with Crippen LogP contribution in [0.1, 0.15) is 11.1 Å². The van der Waals surface area contributed by atoms with Crippen molar-refractivity contribution >= 4 is 0 Å². The van der Waals surface area contributed by atoms with Gasteiger partial charge in [-0.05, 0) is 11.1 Å². The minimum Gasteiger partial charge on any atom is -0.394 e. The van der Waals surface area contributed by atoms with Crippen molar-refractivity contribution in [2.45, 2.75) is 47.5 Å². The predicted molar refractivity (Wildman–Crippen MR) is 120 cm³/mol. The Morgan fingerprint density at radius 1 is 0.727 bits per heavy atom. The number of benzene rings is 2. The van der Waals surface area contributed by atoms with E-state index in [2.05, 4.69) is 9.80 Å². The summed E-state index contributed by atoms with van der Waals surface area (Å²) in [7, 11) is 0. The van der Waals surface area contributed by atoms with Gasteiger partial charge in [0.25, 0.3) is 0 Å². The van der Waals surface area contributed by atoms with Gasteiger partial charge in [0.15, 0.2) is 0 Å². The highest BCUT2D eigenvalue weighted by molar-refractivity contribution is 5.42. The molecule has 0 radical (unpaired) electrons. The van der Waals surface area contributed by atoms with Crippen molar-refractivity contribution in [3.8, 4) is 0 Å². The molecular formula is C25H32N2O6. The Morgan fingerprint density at radius 2 is 1.15 bits per heavy atom. The minimum atomic E-state index is -1.68. The van der Waals surface area contributed by atoms with Gasteiger partial charge in [-0.1, -0.05) is 60.7 Å². The van der Waals surface area contributed by atoms with E-state index in [0.717, 1.165) is 11.1 Å². The predicted octanol–water partition coefficient (Wildman–Crippen LogP) is -1.37. The molecule has 6 rings (SSSR count). The molecule has 0 unspecified atom stereocenters. The van der Waals surface area contributed by atoms with E-state index in [1.54, 1.807) is 0 Å². The molecule has 4 saturated heterocycles. The van der Waals surface area contributed by atoms with Gasteiger partial charge in [-0.2, -0.15) is 0 Å². The highest BCUT2D eigenvalue weighted by Crippen LogP contribution is 2.54. The van der Waals surface area contributed by atoms with E-state index in [4.69, 9.17) is 5.11 Å². The summed E-state index contributed by atoms with van der Waals surface area (Å²) in [5, 5.41) is 62.7. The molecular weight excluding hydrogens is 424 g/mol. The fourth-order valence-corrected chi connectivity index (χ4v) is 6.51. The second kappa shape index (κ2) is 8.41. The molecule has 4 atom stereocenters. The quantitative estimate of drug-likeness (QED) is 0.301. The topological polar surface area (TPSA) is 128 Å². The lowest BCUT2D eigenvalue weighted by Crippen LogP contribution is -2.85. The third-order valence-electron chi connectivity index (χ3n) is 8.02. The van der Waals surface area contributed by atoms with Crippen molar-refractivity contribution < 1.29 is 30.6 Å². The summed E-state index contributed by atoms with van der Waals surface area (Å²) in [5.74, 6) is 0. The van der Waals surface area contributed by atoms with Crippen molar-refractivity contribution in [1.82, 2.24) is 9.80 Å². The van der Waals surface area contributed by atoms with Gasteiger partial charge in [0.1, 0.15) is 24.4 Å². The van der Waals surface area contributed by atoms with Crippen LogP contribution in [-0.2, 0) is 10.8 Å². The molecule has 4 heterocycles. The number of aliphatic hydroxyl groups is 6. The second-order valence-electron chi connectivity index (χ2n) is 9.89. The molecule has 33 heavy (non-hydrogen) atoms. The SMILES string of the molecule is OC[C@H](O)[C@H](O)[C@@H](O)[C@H](O)C1N2CC3(c4ccccc4)CN1CC(c1ccccc1)(C2)C3O. The molecule has 0 spiro atoms. The molecule has 0 aliphatic carbocycles. The number of nitrogens with zero attached hydrogens (tertiary/aromatic N) is 2. The van der Waals surface area contributed by atoms with Crippen LogP contribution < -0.4 is 0 Å². The monoisotopic (exact) mass is 456 g/mol. The summed E-state index contributed by atoms with van der Waals surface area (Å²) in [4.78, 5) is 4.15. The van der Waals surface area contributed by atoms with Crippen molar-refractivity contribution in [3.05, 3.63) is 71.8 Å². The molecule has 4 aliphatic rings. The maximum absolute atomic E-state index is 11.9. The zero-order chi connectivity index (χ0) is 23.4. The molecule has 4 bridgehead atoms. The van der Waals surface area contributed by atoms with Gasteiger partial charge in [-0.3, -0.25) is 9.80 Å². The lowest BCUT2D eigenvalue weighted by Gasteiger charge is -2.70. The Kier molecular flexibility index (Phi) is 5.83. The van der Waals surface area contributed by atoms with E-state index in [9.17, 15) is 25.5 Å². The average Bonchev–Trinajstić information content (AvgIpc) is 2.85. The summed E-state index contributed by atoms with van der Waals surface area (Å²) in [5.41, 5.74) is 0.878. The highest BCUT2D eigenvalue weighted by Gasteiger charge is 2.67. The van der Waals surface area contributed by atoms with Crippen LogP contribution in [-0.4, -0.2) is 110 Å². The lowest BCUT2D eigenvalue weighted by molar-refractivity contribution is -0.244. The summed E-state index contributed by atoms with van der Waals surface area (Å²) in [6.07, 6.45) is -7.49. The molecule has 0 amide bonds. The molecule has 8 heteroatoms. The molecule has 0 saturated carbocycles. The Bertz CT molecular complexity index is 884. The van der Waals surface area contributed by atoms with Crippen LogP contribution in [0.2, 0.25) is 0 Å². The van der Waals surface area contributed by atoms with E-state index in [1.165, 1.54) is 0 Å². The third-order valence-corrected chi connectivity index (χ3v) is 8.02. The van der Waals surface area contributed by atoms with Crippen LogP contribution in [0.3, 0.4) is 0 Å². The second-order valence-corrected chi connectivity index (χ2v) is 9.89. The zero-order valence-corrected chi connectivity index (χ0v) is 18.4. The molecule has 4 aliphatic heterocycles. The average molecular weight is 457 g/mol. The van der Waals surface area contributed by atoms with Crippen LogP contribution in [0.4, 0.5) is 0 Å². The molecule has 8 nitrogen and oxygen atoms in total. The van der Waals surface area contributed by atoms with Crippen molar-refractivity contribution in [2.24, 2.45) is 0 Å². The Morgan fingerprint density at radius 3 is 1.55 bits per heavy atom. The molecule has 0 aromatic heterocycles. The first kappa shape index (κ1) is 22.9. The van der Waals surface area contributed by atoms with Gasteiger partial charge in [0.2, 0.25) is 0 Å². The van der Waals surface area contributed by atoms with Crippen molar-refractivity contribution in [3.63, 3.8) is 0 Å². The fourth-order valence-electron chi connectivity index (χ4n) is 6.51. The first-order chi connectivity index (χ1) is 15.8. The van der Waals surface area contributed by atoms with Crippen molar-refractivity contribution in [2.75, 3.05) is 32.8 Å². The summed E-state index contributed by atoms with van der Waals surface area (Å²) >= 11 is 0. The third kappa shape index (κ3) is 3.37. The largest absolute Gasteiger partial charge is 0.394 e. The molecule has 178 valence electrons. The fraction of sp³-hybridized carbons (Fsp3) is 0.520. The van der Waals surface area contributed by atoms with E-state index in [1.807, 2.05) is 60.7 Å². The number of rotatable bonds is 7. The standard InChI is InChI=1S/C25H32N2O6/c28-11-18(29)19(30)20(31)21(32)22-26-12-24(16-7-3-1-4-8-16)13-27(22)15-25(14-26,23(24)33)17-9-5-2-6-10-17/h1-10,18-23,28-33H,11-15H2/t18-,19-,20+,21-,22?,23?,24?,25?/m0/s1. The summed E-state index contributed by atoms with van der Waals surface area (Å²) in [6.45, 7) is 1.21. The van der Waals surface area contributed by atoms with Gasteiger partial charge < -0.3 is 30.6 Å². The van der Waals surface area contributed by atoms with Gasteiger partial charge >= 0.3 is 0 Å². The molecule has 4 fully saturated rings. The normalized spacial score (nSPS) is 38.6. The Balaban J connectivity index is 1.55. The van der Waals surface area contributed by atoms with E-state index in [-0.39, 0.29) is 0 Å². The molecule has 2 aromatic rings. The Labute approximate surface area is 193 Å². The maximum atomic E-state index is 11.9. The van der Waals surface area contributed by atoms with E-state index in [0.29, 0.717) is 26.2 Å². The van der Waals surface area contributed by atoms with E-state index >= 15 is 0 Å². The number of hydrogen-bond donors (Lipinski definition) is 6. The molecule has 6 N–H and O–H groups in total. The minimum absolute atomic E-state index is 0.482. The number of hydrogen-bond acceptors (Lipinski definition) is 8. The summed E-state index contributed by atoms with van der Waals surface area (Å²) in [6, 6.07) is 19.8. The lowest BCUT2D eigenvalue weighted by atomic mass is 9.54. The van der Waals surface area contributed by atoms with Crippen LogP contribution in [0.15, 0.2) is 60.7 Å². The summed E-state index contributed by atoms with van der Waals surface area (Å²) < 4.78 is 0. The van der Waals surface area contributed by atoms with Gasteiger partial charge in [-0.15, -0.1) is 0 Å². The zero-order valence-electron chi connectivity index (χ0n) is 18.4. The first-order valence-corrected chi connectivity index (χ1v) is 11.4. The van der Waals surface area contributed by atoms with E-state index < -0.39 is 54.1 Å². The van der Waals surface area contributed by atoms with Crippen LogP contribution in [0.25, 0.3) is 0 Å². The van der Waals surface area contributed by atoms with Gasteiger partial charge in [0, 0.05) is 37.0 Å². The Hall–Kier alpha value is -1.88. The first-order valence-electron chi connectivity index (χ1n) is 11.4. The van der Waals surface area contributed by atoms with Crippen molar-refractivity contribution in [1.29, 1.82) is 0 Å². The highest BCUT2D eigenvalue weighted by atomic mass is 16.4. The van der Waals surface area contributed by atoms with Crippen LogP contribution in [0, 0.1) is 0 Å². The number of piperidine rings is 2. The number of aliphatic hydroxyl groups excluding tert-OH is 6. The molecule has 2 aromatic carbocycles. The maximum Gasteiger partial charge on any atom is 0.111 e. The van der Waals surface area contributed by atoms with Crippen LogP contribution in [0.5, 0.6) is 0 Å². The van der Waals surface area contributed by atoms with Crippen LogP contribution >= 0.6 is 0 Å².